The lowest BCUT2D eigenvalue weighted by atomic mass is 9.99. The molecule has 5 aromatic rings. The number of carbonyl (C=O) groups excluding carboxylic acids is 2. The summed E-state index contributed by atoms with van der Waals surface area (Å²) in [5.41, 5.74) is 9.66. The van der Waals surface area contributed by atoms with Crippen molar-refractivity contribution in [1.29, 1.82) is 0 Å². The Morgan fingerprint density at radius 1 is 1.11 bits per heavy atom. The number of hydrogen-bond donors (Lipinski definition) is 2. The van der Waals surface area contributed by atoms with Gasteiger partial charge in [-0.15, -0.1) is 0 Å². The summed E-state index contributed by atoms with van der Waals surface area (Å²) in [7, 11) is 1.86. The fourth-order valence-corrected chi connectivity index (χ4v) is 6.53. The number of nitrogens with two attached hydrogens (primary N) is 1. The first kappa shape index (κ1) is 30.0. The molecule has 13 heteroatoms. The van der Waals surface area contributed by atoms with Crippen LogP contribution >= 0.6 is 0 Å². The zero-order valence-corrected chi connectivity index (χ0v) is 25.9. The molecule has 2 fully saturated rings. The highest BCUT2D eigenvalue weighted by Gasteiger charge is 2.36. The number of ether oxygens (including phenoxy) is 1. The van der Waals surface area contributed by atoms with E-state index < -0.39 is 17.3 Å². The van der Waals surface area contributed by atoms with Crippen molar-refractivity contribution >= 4 is 39.9 Å². The summed E-state index contributed by atoms with van der Waals surface area (Å²) in [6, 6.07) is 15.7. The van der Waals surface area contributed by atoms with Crippen molar-refractivity contribution in [2.75, 3.05) is 42.2 Å². The number of nitrogens with zero attached hydrogens (tertiary/aromatic N) is 6. The van der Waals surface area contributed by atoms with Crippen molar-refractivity contribution < 1.29 is 18.7 Å². The van der Waals surface area contributed by atoms with E-state index in [1.54, 1.807) is 23.7 Å². The lowest BCUT2D eigenvalue weighted by molar-refractivity contribution is -0.129. The number of benzene rings is 2. The van der Waals surface area contributed by atoms with Crippen LogP contribution in [0, 0.1) is 5.82 Å². The monoisotopic (exact) mass is 636 g/mol. The highest BCUT2D eigenvalue weighted by molar-refractivity contribution is 6.07. The van der Waals surface area contributed by atoms with E-state index in [-0.39, 0.29) is 35.7 Å². The highest BCUT2D eigenvalue weighted by atomic mass is 19.1. The number of nitrogens with one attached hydrogen (secondary N) is 1. The molecule has 2 aliphatic heterocycles. The molecule has 0 spiro atoms. The van der Waals surface area contributed by atoms with Crippen molar-refractivity contribution in [2.24, 2.45) is 7.05 Å². The van der Waals surface area contributed by atoms with Crippen molar-refractivity contribution in [3.05, 3.63) is 88.7 Å². The van der Waals surface area contributed by atoms with Crippen LogP contribution in [0.4, 0.5) is 21.6 Å². The van der Waals surface area contributed by atoms with Crippen LogP contribution in [0.5, 0.6) is 5.75 Å². The first-order valence-corrected chi connectivity index (χ1v) is 15.4. The lowest BCUT2D eigenvalue weighted by Crippen LogP contribution is -2.51. The molecule has 0 aliphatic carbocycles. The molecule has 2 aromatic carbocycles. The van der Waals surface area contributed by atoms with E-state index in [0.717, 1.165) is 53.4 Å². The van der Waals surface area contributed by atoms with Crippen molar-refractivity contribution in [3.8, 4) is 22.7 Å². The molecule has 47 heavy (non-hydrogen) atoms. The number of nitrogen functional groups attached to an aromatic ring is 1. The fourth-order valence-electron chi connectivity index (χ4n) is 6.53. The number of aryl methyl sites for hydroxylation is 1. The highest BCUT2D eigenvalue weighted by Crippen LogP contribution is 2.38. The van der Waals surface area contributed by atoms with E-state index >= 15 is 0 Å². The number of anilines is 3. The van der Waals surface area contributed by atoms with Gasteiger partial charge in [0.05, 0.1) is 23.7 Å². The number of fused-ring (bicyclic) bond motifs is 2. The maximum absolute atomic E-state index is 13.5. The SMILES string of the molecule is CCOc1ccn(-c2ccc(F)cn2)c(=O)c1C(=O)Nc1ccc(-c2cc(N3CCN4C(=O)CC[C@H]4C3)cc3c2c(N)nn3C)cc1. The molecule has 0 saturated carbocycles. The molecule has 3 aromatic heterocycles. The van der Waals surface area contributed by atoms with Crippen LogP contribution in [0.15, 0.2) is 71.8 Å². The van der Waals surface area contributed by atoms with Gasteiger partial charge in [-0.05, 0) is 66.9 Å². The van der Waals surface area contributed by atoms with Gasteiger partial charge in [-0.1, -0.05) is 12.1 Å². The molecule has 5 heterocycles. The molecule has 240 valence electrons. The van der Waals surface area contributed by atoms with E-state index in [0.29, 0.717) is 24.5 Å². The molecule has 7 rings (SSSR count). The number of piperazine rings is 1. The first-order valence-electron chi connectivity index (χ1n) is 15.4. The molecule has 3 N–H and O–H groups in total. The second-order valence-electron chi connectivity index (χ2n) is 11.7. The summed E-state index contributed by atoms with van der Waals surface area (Å²) in [4.78, 5) is 47.5. The largest absolute Gasteiger partial charge is 0.493 e. The number of amides is 2. The second kappa shape index (κ2) is 11.9. The molecule has 2 saturated heterocycles. The van der Waals surface area contributed by atoms with Crippen LogP contribution in [-0.4, -0.2) is 68.3 Å². The normalized spacial score (nSPS) is 16.1. The number of halogens is 1. The summed E-state index contributed by atoms with van der Waals surface area (Å²) in [5.74, 6) is -0.273. The summed E-state index contributed by atoms with van der Waals surface area (Å²) in [6.07, 6.45) is 3.90. The zero-order valence-electron chi connectivity index (χ0n) is 25.9. The van der Waals surface area contributed by atoms with Crippen LogP contribution in [0.25, 0.3) is 27.8 Å². The Hall–Kier alpha value is -5.72. The molecule has 0 unspecified atom stereocenters. The van der Waals surface area contributed by atoms with Gasteiger partial charge >= 0.3 is 0 Å². The lowest BCUT2D eigenvalue weighted by Gasteiger charge is -2.39. The molecular weight excluding hydrogens is 603 g/mol. The number of hydrogen-bond acceptors (Lipinski definition) is 8. The van der Waals surface area contributed by atoms with Gasteiger partial charge in [-0.2, -0.15) is 5.10 Å². The van der Waals surface area contributed by atoms with Gasteiger partial charge in [0.25, 0.3) is 11.5 Å². The Labute approximate surface area is 269 Å². The summed E-state index contributed by atoms with van der Waals surface area (Å²) in [5, 5.41) is 8.11. The Morgan fingerprint density at radius 2 is 1.91 bits per heavy atom. The van der Waals surface area contributed by atoms with Gasteiger partial charge in [-0.25, -0.2) is 9.37 Å². The van der Waals surface area contributed by atoms with E-state index in [9.17, 15) is 18.8 Å². The van der Waals surface area contributed by atoms with Crippen molar-refractivity contribution in [3.63, 3.8) is 0 Å². The topological polar surface area (TPSA) is 141 Å². The van der Waals surface area contributed by atoms with Gasteiger partial charge in [0, 0.05) is 56.7 Å². The van der Waals surface area contributed by atoms with E-state index in [1.807, 2.05) is 24.1 Å². The van der Waals surface area contributed by atoms with Crippen LogP contribution in [-0.2, 0) is 11.8 Å². The standard InChI is InChI=1S/C34H33FN8O4/c1-3-47-27-12-13-43(28-10-6-21(35)18-37-28)34(46)31(27)33(45)38-22-7-4-20(5-8-22)25-16-24(17-26-30(25)32(36)39-40(26)2)41-14-15-42-23(19-41)9-11-29(42)44/h4-8,10,12-13,16-18,23H,3,9,11,14-15,19H2,1-2H3,(H2,36,39)(H,38,45)/t23-/m0/s1. The molecule has 2 aliphatic rings. The number of carbonyl (C=O) groups is 2. The minimum Gasteiger partial charge on any atom is -0.493 e. The average Bonchev–Trinajstić information content (AvgIpc) is 3.59. The number of aromatic nitrogens is 4. The van der Waals surface area contributed by atoms with Gasteiger partial charge < -0.3 is 25.6 Å². The van der Waals surface area contributed by atoms with Crippen molar-refractivity contribution in [1.82, 2.24) is 24.2 Å². The quantitative estimate of drug-likeness (QED) is 0.274. The number of pyridine rings is 2. The third-order valence-corrected chi connectivity index (χ3v) is 8.82. The van der Waals surface area contributed by atoms with Gasteiger partial charge in [0.15, 0.2) is 5.82 Å². The Kier molecular flexibility index (Phi) is 7.58. The summed E-state index contributed by atoms with van der Waals surface area (Å²) >= 11 is 0. The van der Waals surface area contributed by atoms with E-state index in [1.165, 1.54) is 29.0 Å². The number of rotatable bonds is 7. The Morgan fingerprint density at radius 3 is 2.66 bits per heavy atom. The Balaban J connectivity index is 1.19. The molecular formula is C34H33FN8O4. The third-order valence-electron chi connectivity index (χ3n) is 8.82. The maximum atomic E-state index is 13.5. The van der Waals surface area contributed by atoms with Gasteiger partial charge in [0.1, 0.15) is 22.9 Å². The minimum atomic E-state index is -0.659. The first-order chi connectivity index (χ1) is 22.7. The average molecular weight is 637 g/mol. The predicted octanol–water partition coefficient (Wildman–Crippen LogP) is 3.97. The van der Waals surface area contributed by atoms with Crippen LogP contribution in [0.3, 0.4) is 0 Å². The fraction of sp³-hybridized carbons (Fsp3) is 0.265. The zero-order chi connectivity index (χ0) is 32.8. The summed E-state index contributed by atoms with van der Waals surface area (Å²) < 4.78 is 22.0. The molecule has 2 amide bonds. The van der Waals surface area contributed by atoms with E-state index in [2.05, 4.69) is 32.4 Å². The van der Waals surface area contributed by atoms with Crippen LogP contribution < -0.4 is 26.2 Å². The maximum Gasteiger partial charge on any atom is 0.272 e. The second-order valence-corrected chi connectivity index (χ2v) is 11.7. The molecule has 1 atom stereocenters. The molecule has 0 bridgehead atoms. The van der Waals surface area contributed by atoms with Gasteiger partial charge in [0.2, 0.25) is 5.91 Å². The van der Waals surface area contributed by atoms with Crippen LogP contribution in [0.2, 0.25) is 0 Å². The third kappa shape index (κ3) is 5.43. The smallest absolute Gasteiger partial charge is 0.272 e. The molecule has 12 nitrogen and oxygen atoms in total. The Bertz CT molecular complexity index is 2070. The van der Waals surface area contributed by atoms with Crippen molar-refractivity contribution in [2.45, 2.75) is 25.8 Å². The van der Waals surface area contributed by atoms with Gasteiger partial charge in [-0.3, -0.25) is 23.6 Å². The van der Waals surface area contributed by atoms with E-state index in [4.69, 9.17) is 10.5 Å². The molecule has 0 radical (unpaired) electrons. The van der Waals surface area contributed by atoms with Crippen LogP contribution in [0.1, 0.15) is 30.1 Å². The summed E-state index contributed by atoms with van der Waals surface area (Å²) in [6.45, 7) is 4.18. The minimum absolute atomic E-state index is 0.124. The predicted molar refractivity (Wildman–Crippen MR) is 176 cm³/mol.